The van der Waals surface area contributed by atoms with Crippen LogP contribution in [0.1, 0.15) is 36.7 Å². The first-order valence-corrected chi connectivity index (χ1v) is 7.79. The van der Waals surface area contributed by atoms with Gasteiger partial charge >= 0.3 is 0 Å². The average Bonchev–Trinajstić information content (AvgIpc) is 2.93. The summed E-state index contributed by atoms with van der Waals surface area (Å²) in [4.78, 5) is 14.1. The first kappa shape index (κ1) is 14.9. The lowest BCUT2D eigenvalue weighted by Gasteiger charge is -2.56. The minimum Gasteiger partial charge on any atom is -0.440 e. The van der Waals surface area contributed by atoms with Crippen LogP contribution < -0.4 is 0 Å². The van der Waals surface area contributed by atoms with Crippen LogP contribution in [0.4, 0.5) is 0 Å². The van der Waals surface area contributed by atoms with Gasteiger partial charge in [-0.1, -0.05) is 0 Å². The number of halogens is 1. The molecule has 0 bridgehead atoms. The van der Waals surface area contributed by atoms with Crippen LogP contribution in [0, 0.1) is 5.41 Å². The number of carbonyl (C=O) groups excluding carboxylic acids is 1. The van der Waals surface area contributed by atoms with Crippen LogP contribution in [0.5, 0.6) is 0 Å². The number of likely N-dealkylation sites (tertiary alicyclic amines) is 1. The highest BCUT2D eigenvalue weighted by atomic mass is 35.5. The van der Waals surface area contributed by atoms with Crippen molar-refractivity contribution in [1.29, 1.82) is 0 Å². The summed E-state index contributed by atoms with van der Waals surface area (Å²) >= 11 is 5.71. The predicted molar refractivity (Wildman–Crippen MR) is 77.3 cm³/mol. The Hall–Kier alpha value is -1.04. The summed E-state index contributed by atoms with van der Waals surface area (Å²) in [5.41, 5.74) is -0.173. The second-order valence-corrected chi connectivity index (χ2v) is 6.20. The van der Waals surface area contributed by atoms with E-state index < -0.39 is 0 Å². The van der Waals surface area contributed by atoms with Gasteiger partial charge in [0.1, 0.15) is 0 Å². The first-order chi connectivity index (χ1) is 10.1. The number of hydrogen-bond acceptors (Lipinski definition) is 4. The maximum Gasteiger partial charge on any atom is 0.289 e. The maximum atomic E-state index is 12.3. The van der Waals surface area contributed by atoms with Gasteiger partial charge in [-0.15, -0.1) is 0 Å². The fourth-order valence-corrected chi connectivity index (χ4v) is 3.67. The highest BCUT2D eigenvalue weighted by molar-refractivity contribution is 6.29. The van der Waals surface area contributed by atoms with Gasteiger partial charge < -0.3 is 19.2 Å². The molecule has 1 aliphatic heterocycles. The minimum atomic E-state index is -0.315. The molecule has 1 saturated carbocycles. The van der Waals surface area contributed by atoms with Crippen molar-refractivity contribution < 1.29 is 19.1 Å². The van der Waals surface area contributed by atoms with Crippen molar-refractivity contribution in [3.05, 3.63) is 23.1 Å². The van der Waals surface area contributed by atoms with Crippen molar-refractivity contribution in [3.63, 3.8) is 0 Å². The number of piperidine rings is 1. The molecule has 0 radical (unpaired) electrons. The molecular weight excluding hydrogens is 294 g/mol. The fraction of sp³-hybridized carbons (Fsp3) is 0.667. The molecule has 5 nitrogen and oxygen atoms in total. The van der Waals surface area contributed by atoms with E-state index in [2.05, 4.69) is 0 Å². The fourth-order valence-electron chi connectivity index (χ4n) is 3.53. The number of carbonyl (C=O) groups is 1. The molecule has 116 valence electrons. The van der Waals surface area contributed by atoms with E-state index >= 15 is 0 Å². The van der Waals surface area contributed by atoms with Crippen LogP contribution >= 0.6 is 11.6 Å². The van der Waals surface area contributed by atoms with Crippen LogP contribution in [0.25, 0.3) is 0 Å². The molecular formula is C15H20ClNO4. The second-order valence-electron chi connectivity index (χ2n) is 5.82. The molecule has 1 saturated heterocycles. The molecule has 21 heavy (non-hydrogen) atoms. The van der Waals surface area contributed by atoms with E-state index in [0.29, 0.717) is 26.1 Å². The number of aliphatic hydroxyl groups excluding tert-OH is 1. The third-order valence-corrected chi connectivity index (χ3v) is 5.08. The molecule has 2 unspecified atom stereocenters. The van der Waals surface area contributed by atoms with E-state index in [-0.39, 0.29) is 34.5 Å². The summed E-state index contributed by atoms with van der Waals surface area (Å²) in [6.45, 7) is 3.85. The molecule has 6 heteroatoms. The molecule has 1 aromatic heterocycles. The highest BCUT2D eigenvalue weighted by Gasteiger charge is 2.56. The van der Waals surface area contributed by atoms with Gasteiger partial charge in [0.15, 0.2) is 11.0 Å². The molecule has 2 fully saturated rings. The van der Waals surface area contributed by atoms with Crippen molar-refractivity contribution >= 4 is 17.5 Å². The number of aliphatic hydroxyl groups is 1. The molecule has 1 aromatic rings. The van der Waals surface area contributed by atoms with E-state index in [1.807, 2.05) is 6.92 Å². The predicted octanol–water partition coefficient (Wildman–Crippen LogP) is 2.33. The Balaban J connectivity index is 1.63. The van der Waals surface area contributed by atoms with Gasteiger partial charge in [0.2, 0.25) is 0 Å². The third-order valence-electron chi connectivity index (χ3n) is 4.88. The normalized spacial score (nSPS) is 27.7. The van der Waals surface area contributed by atoms with Gasteiger partial charge in [0.25, 0.3) is 5.91 Å². The van der Waals surface area contributed by atoms with Gasteiger partial charge in [0, 0.05) is 31.5 Å². The van der Waals surface area contributed by atoms with Crippen LogP contribution in [0.3, 0.4) is 0 Å². The molecule has 3 rings (SSSR count). The monoisotopic (exact) mass is 313 g/mol. The van der Waals surface area contributed by atoms with E-state index in [4.69, 9.17) is 20.8 Å². The number of ether oxygens (including phenoxy) is 1. The van der Waals surface area contributed by atoms with Gasteiger partial charge in [-0.3, -0.25) is 4.79 Å². The maximum absolute atomic E-state index is 12.3. The molecule has 1 aliphatic carbocycles. The van der Waals surface area contributed by atoms with Crippen molar-refractivity contribution in [2.45, 2.75) is 38.4 Å². The minimum absolute atomic E-state index is 0.118. The molecule has 2 aliphatic rings. The third kappa shape index (κ3) is 2.47. The lowest BCUT2D eigenvalue weighted by Crippen LogP contribution is -2.62. The van der Waals surface area contributed by atoms with Crippen molar-refractivity contribution in [1.82, 2.24) is 4.90 Å². The summed E-state index contributed by atoms with van der Waals surface area (Å²) in [6, 6.07) is 3.16. The van der Waals surface area contributed by atoms with Crippen molar-refractivity contribution in [2.75, 3.05) is 19.7 Å². The smallest absolute Gasteiger partial charge is 0.289 e. The summed E-state index contributed by atoms with van der Waals surface area (Å²) < 4.78 is 10.9. The average molecular weight is 314 g/mol. The van der Waals surface area contributed by atoms with Gasteiger partial charge in [-0.25, -0.2) is 0 Å². The molecule has 2 heterocycles. The van der Waals surface area contributed by atoms with E-state index in [1.165, 1.54) is 0 Å². The Morgan fingerprint density at radius 1 is 1.52 bits per heavy atom. The summed E-state index contributed by atoms with van der Waals surface area (Å²) in [7, 11) is 0. The molecule has 1 N–H and O–H groups in total. The Morgan fingerprint density at radius 3 is 2.76 bits per heavy atom. The number of amides is 1. The van der Waals surface area contributed by atoms with Gasteiger partial charge in [-0.2, -0.15) is 0 Å². The zero-order valence-corrected chi connectivity index (χ0v) is 12.8. The molecule has 0 aromatic carbocycles. The Labute approximate surface area is 128 Å². The molecule has 2 atom stereocenters. The van der Waals surface area contributed by atoms with Crippen molar-refractivity contribution in [2.24, 2.45) is 5.41 Å². The van der Waals surface area contributed by atoms with Crippen LogP contribution in [-0.4, -0.2) is 47.8 Å². The number of nitrogens with zero attached hydrogens (tertiary/aromatic N) is 1. The van der Waals surface area contributed by atoms with E-state index in [1.54, 1.807) is 17.0 Å². The number of hydrogen-bond donors (Lipinski definition) is 1. The van der Waals surface area contributed by atoms with Crippen molar-refractivity contribution in [3.8, 4) is 0 Å². The summed E-state index contributed by atoms with van der Waals surface area (Å²) in [6.07, 6.45) is 2.03. The lowest BCUT2D eigenvalue weighted by atomic mass is 9.58. The van der Waals surface area contributed by atoms with Crippen LogP contribution in [0.15, 0.2) is 16.5 Å². The van der Waals surface area contributed by atoms with E-state index in [9.17, 15) is 9.90 Å². The Morgan fingerprint density at radius 2 is 2.24 bits per heavy atom. The van der Waals surface area contributed by atoms with E-state index in [0.717, 1.165) is 12.8 Å². The Bertz CT molecular complexity index is 519. The molecule has 1 amide bonds. The zero-order valence-electron chi connectivity index (χ0n) is 12.0. The summed E-state index contributed by atoms with van der Waals surface area (Å²) in [5, 5.41) is 10.4. The van der Waals surface area contributed by atoms with Crippen LogP contribution in [0.2, 0.25) is 5.22 Å². The largest absolute Gasteiger partial charge is 0.440 e. The Kier molecular flexibility index (Phi) is 3.99. The number of rotatable bonds is 3. The van der Waals surface area contributed by atoms with Crippen LogP contribution in [-0.2, 0) is 4.74 Å². The second kappa shape index (κ2) is 5.63. The lowest BCUT2D eigenvalue weighted by molar-refractivity contribution is -0.207. The SMILES string of the molecule is CCOC1CC(O)C12CCN(C(=O)c1ccc(Cl)o1)CC2. The first-order valence-electron chi connectivity index (χ1n) is 7.41. The zero-order chi connectivity index (χ0) is 15.0. The topological polar surface area (TPSA) is 62.9 Å². The summed E-state index contributed by atoms with van der Waals surface area (Å²) in [5.74, 6) is 0.130. The quantitative estimate of drug-likeness (QED) is 0.930. The van der Waals surface area contributed by atoms with Gasteiger partial charge in [0.05, 0.1) is 12.2 Å². The number of furan rings is 1. The highest BCUT2D eigenvalue weighted by Crippen LogP contribution is 2.51. The standard InChI is InChI=1S/C15H20ClNO4/c1-2-20-12-9-11(18)15(12)5-7-17(8-6-15)14(19)10-3-4-13(16)21-10/h3-4,11-12,18H,2,5-9H2,1H3. The molecule has 1 spiro atoms. The van der Waals surface area contributed by atoms with Gasteiger partial charge in [-0.05, 0) is 43.5 Å².